The summed E-state index contributed by atoms with van der Waals surface area (Å²) in [4.78, 5) is 31.7. The molecule has 1 unspecified atom stereocenters. The molecule has 0 saturated carbocycles. The van der Waals surface area contributed by atoms with Crippen LogP contribution in [-0.2, 0) is 16.1 Å². The Morgan fingerprint density at radius 2 is 1.78 bits per heavy atom. The fraction of sp³-hybridized carbons (Fsp3) is 0.160. The van der Waals surface area contributed by atoms with E-state index in [0.29, 0.717) is 16.9 Å². The number of aryl methyl sites for hydroxylation is 1. The first-order valence-electron chi connectivity index (χ1n) is 9.98. The first-order chi connectivity index (χ1) is 15.4. The van der Waals surface area contributed by atoms with Gasteiger partial charge in [-0.15, -0.1) is 0 Å². The van der Waals surface area contributed by atoms with E-state index in [1.54, 1.807) is 74.1 Å². The van der Waals surface area contributed by atoms with Crippen LogP contribution in [0.5, 0.6) is 5.75 Å². The highest BCUT2D eigenvalue weighted by Gasteiger charge is 2.46. The summed E-state index contributed by atoms with van der Waals surface area (Å²) in [6.07, 6.45) is 3.28. The molecule has 1 amide bonds. The monoisotopic (exact) mass is 492 g/mol. The number of nitrogens with zero attached hydrogens (tertiary/aromatic N) is 2. The van der Waals surface area contributed by atoms with Crippen molar-refractivity contribution >= 4 is 33.4 Å². The van der Waals surface area contributed by atoms with Crippen LogP contribution in [0.2, 0.25) is 0 Å². The number of hydrogen-bond donors (Lipinski definition) is 1. The van der Waals surface area contributed by atoms with Crippen molar-refractivity contribution in [2.24, 2.45) is 0 Å². The van der Waals surface area contributed by atoms with Crippen molar-refractivity contribution in [3.63, 3.8) is 0 Å². The van der Waals surface area contributed by atoms with E-state index >= 15 is 0 Å². The molecule has 2 heterocycles. The van der Waals surface area contributed by atoms with Crippen molar-refractivity contribution in [2.75, 3.05) is 7.11 Å². The number of ether oxygens (including phenoxy) is 1. The minimum atomic E-state index is -0.738. The SMILES string of the molecule is COc1ccc(C2/C(=C(/O)c3ccc(Br)c(C)c3)C(=O)C(=O)N2Cc2ccncc2)cc1. The summed E-state index contributed by atoms with van der Waals surface area (Å²) in [7, 11) is 1.57. The fourth-order valence-corrected chi connectivity index (χ4v) is 4.05. The highest BCUT2D eigenvalue weighted by Crippen LogP contribution is 2.41. The molecular weight excluding hydrogens is 472 g/mol. The van der Waals surface area contributed by atoms with Crippen LogP contribution in [0.25, 0.3) is 5.76 Å². The number of aliphatic hydroxyl groups excluding tert-OH is 1. The summed E-state index contributed by atoms with van der Waals surface area (Å²) in [5, 5.41) is 11.2. The average Bonchev–Trinajstić information content (AvgIpc) is 3.06. The number of hydrogen-bond acceptors (Lipinski definition) is 5. The molecule has 2 aromatic carbocycles. The molecule has 1 N–H and O–H groups in total. The number of benzene rings is 2. The van der Waals surface area contributed by atoms with Gasteiger partial charge in [0.05, 0.1) is 18.7 Å². The molecule has 1 aliphatic rings. The molecule has 6 nitrogen and oxygen atoms in total. The second kappa shape index (κ2) is 8.96. The number of carbonyl (C=O) groups excluding carboxylic acids is 2. The second-order valence-electron chi connectivity index (χ2n) is 7.52. The number of likely N-dealkylation sites (tertiary alicyclic amines) is 1. The number of aliphatic hydroxyl groups is 1. The number of halogens is 1. The van der Waals surface area contributed by atoms with E-state index in [-0.39, 0.29) is 17.9 Å². The zero-order valence-corrected chi connectivity index (χ0v) is 19.2. The van der Waals surface area contributed by atoms with Gasteiger partial charge in [0, 0.05) is 29.0 Å². The molecule has 32 heavy (non-hydrogen) atoms. The van der Waals surface area contributed by atoms with Crippen LogP contribution in [0.3, 0.4) is 0 Å². The van der Waals surface area contributed by atoms with Crippen LogP contribution in [0.15, 0.2) is 77.0 Å². The molecule has 3 aromatic rings. The summed E-state index contributed by atoms with van der Waals surface area (Å²) in [5.74, 6) is -0.906. The predicted molar refractivity (Wildman–Crippen MR) is 124 cm³/mol. The molecule has 0 spiro atoms. The standard InChI is InChI=1S/C25H21BrN2O4/c1-15-13-18(5-8-20(15)26)23(29)21-22(17-3-6-19(32-2)7-4-17)28(25(31)24(21)30)14-16-9-11-27-12-10-16/h3-13,22,29H,14H2,1-2H3/b23-21-. The largest absolute Gasteiger partial charge is 0.507 e. The van der Waals surface area contributed by atoms with Gasteiger partial charge in [0.1, 0.15) is 11.5 Å². The van der Waals surface area contributed by atoms with Crippen molar-refractivity contribution in [2.45, 2.75) is 19.5 Å². The van der Waals surface area contributed by atoms with Crippen LogP contribution < -0.4 is 4.74 Å². The Labute approximate surface area is 194 Å². The topological polar surface area (TPSA) is 79.7 Å². The number of amides is 1. The van der Waals surface area contributed by atoms with Gasteiger partial charge in [0.25, 0.3) is 11.7 Å². The van der Waals surface area contributed by atoms with E-state index < -0.39 is 17.7 Å². The van der Waals surface area contributed by atoms with Gasteiger partial charge < -0.3 is 14.7 Å². The summed E-state index contributed by atoms with van der Waals surface area (Å²) in [6, 6.07) is 15.3. The van der Waals surface area contributed by atoms with E-state index in [1.807, 2.05) is 6.92 Å². The van der Waals surface area contributed by atoms with Crippen molar-refractivity contribution in [3.05, 3.63) is 99.3 Å². The van der Waals surface area contributed by atoms with Gasteiger partial charge in [-0.25, -0.2) is 0 Å². The molecule has 0 aliphatic carbocycles. The van der Waals surface area contributed by atoms with Crippen LogP contribution in [0.1, 0.15) is 28.3 Å². The van der Waals surface area contributed by atoms with Crippen LogP contribution in [-0.4, -0.2) is 33.8 Å². The first-order valence-corrected chi connectivity index (χ1v) is 10.8. The molecule has 7 heteroatoms. The minimum absolute atomic E-state index is 0.0657. The van der Waals surface area contributed by atoms with Gasteiger partial charge in [0.2, 0.25) is 0 Å². The number of carbonyl (C=O) groups is 2. The zero-order valence-electron chi connectivity index (χ0n) is 17.6. The lowest BCUT2D eigenvalue weighted by Gasteiger charge is -2.25. The molecule has 1 fully saturated rings. The quantitative estimate of drug-likeness (QED) is 0.314. The third-order valence-electron chi connectivity index (χ3n) is 5.51. The van der Waals surface area contributed by atoms with E-state index in [0.717, 1.165) is 15.6 Å². The van der Waals surface area contributed by atoms with E-state index in [1.165, 1.54) is 4.90 Å². The smallest absolute Gasteiger partial charge is 0.295 e. The molecule has 0 bridgehead atoms. The van der Waals surface area contributed by atoms with Crippen molar-refractivity contribution in [3.8, 4) is 5.75 Å². The van der Waals surface area contributed by atoms with E-state index in [4.69, 9.17) is 4.74 Å². The Hall–Kier alpha value is -3.45. The molecule has 0 radical (unpaired) electrons. The highest BCUT2D eigenvalue weighted by molar-refractivity contribution is 9.10. The molecule has 1 saturated heterocycles. The normalized spacial score (nSPS) is 17.6. The van der Waals surface area contributed by atoms with E-state index in [9.17, 15) is 14.7 Å². The Morgan fingerprint density at radius 3 is 2.41 bits per heavy atom. The van der Waals surface area contributed by atoms with Gasteiger partial charge in [-0.05, 0) is 60.0 Å². The number of pyridine rings is 1. The molecule has 1 aromatic heterocycles. The molecule has 1 aliphatic heterocycles. The maximum absolute atomic E-state index is 13.1. The first kappa shape index (κ1) is 21.8. The number of Topliss-reactive ketones (excluding diaryl/α,β-unsaturated/α-hetero) is 1. The van der Waals surface area contributed by atoms with Crippen LogP contribution >= 0.6 is 15.9 Å². The van der Waals surface area contributed by atoms with Gasteiger partial charge >= 0.3 is 0 Å². The Balaban J connectivity index is 1.86. The Kier molecular flexibility index (Phi) is 6.10. The lowest BCUT2D eigenvalue weighted by molar-refractivity contribution is -0.140. The highest BCUT2D eigenvalue weighted by atomic mass is 79.9. The molecule has 4 rings (SSSR count). The van der Waals surface area contributed by atoms with Gasteiger partial charge in [0.15, 0.2) is 0 Å². The molecule has 1 atom stereocenters. The van der Waals surface area contributed by atoms with Gasteiger partial charge in [-0.3, -0.25) is 14.6 Å². The number of aromatic nitrogens is 1. The van der Waals surface area contributed by atoms with Crippen molar-refractivity contribution in [1.29, 1.82) is 0 Å². The van der Waals surface area contributed by atoms with Crippen LogP contribution in [0, 0.1) is 6.92 Å². The van der Waals surface area contributed by atoms with Gasteiger partial charge in [-0.1, -0.05) is 34.1 Å². The molecule has 162 valence electrons. The van der Waals surface area contributed by atoms with Gasteiger partial charge in [-0.2, -0.15) is 0 Å². The Morgan fingerprint density at radius 1 is 1.09 bits per heavy atom. The number of ketones is 1. The van der Waals surface area contributed by atoms with Crippen molar-refractivity contribution < 1.29 is 19.4 Å². The van der Waals surface area contributed by atoms with Crippen LogP contribution in [0.4, 0.5) is 0 Å². The fourth-order valence-electron chi connectivity index (χ4n) is 3.81. The lowest BCUT2D eigenvalue weighted by Crippen LogP contribution is -2.29. The summed E-state index contributed by atoms with van der Waals surface area (Å²) >= 11 is 3.45. The third-order valence-corrected chi connectivity index (χ3v) is 6.39. The van der Waals surface area contributed by atoms with Crippen molar-refractivity contribution in [1.82, 2.24) is 9.88 Å². The lowest BCUT2D eigenvalue weighted by atomic mass is 9.94. The summed E-state index contributed by atoms with van der Waals surface area (Å²) in [6.45, 7) is 2.10. The number of methoxy groups -OCH3 is 1. The molecular formula is C25H21BrN2O4. The summed E-state index contributed by atoms with van der Waals surface area (Å²) in [5.41, 5.74) is 2.98. The number of rotatable bonds is 5. The average molecular weight is 493 g/mol. The Bertz CT molecular complexity index is 1210. The van der Waals surface area contributed by atoms with E-state index in [2.05, 4.69) is 20.9 Å². The summed E-state index contributed by atoms with van der Waals surface area (Å²) < 4.78 is 6.13. The predicted octanol–water partition coefficient (Wildman–Crippen LogP) is 4.78. The maximum atomic E-state index is 13.1. The maximum Gasteiger partial charge on any atom is 0.295 e. The second-order valence-corrected chi connectivity index (χ2v) is 8.37. The third kappa shape index (κ3) is 4.03. The zero-order chi connectivity index (χ0) is 22.8. The minimum Gasteiger partial charge on any atom is -0.507 e.